The molecular weight excluding hydrogens is 270 g/mol. The van der Waals surface area contributed by atoms with E-state index in [9.17, 15) is 0 Å². The highest BCUT2D eigenvalue weighted by molar-refractivity contribution is 6.31. The minimum Gasteiger partial charge on any atom is -0.327 e. The number of aryl methyl sites for hydroxylation is 1. The summed E-state index contributed by atoms with van der Waals surface area (Å²) in [5.41, 5.74) is 11.5. The van der Waals surface area contributed by atoms with E-state index in [1.54, 1.807) is 0 Å². The van der Waals surface area contributed by atoms with Gasteiger partial charge in [-0.3, -0.25) is 0 Å². The molecule has 108 valence electrons. The summed E-state index contributed by atoms with van der Waals surface area (Å²) in [6.07, 6.45) is 1.76. The summed E-state index contributed by atoms with van der Waals surface area (Å²) in [7, 11) is 0. The van der Waals surface area contributed by atoms with Gasteiger partial charge in [0.15, 0.2) is 0 Å². The van der Waals surface area contributed by atoms with Crippen molar-refractivity contribution in [2.24, 2.45) is 5.73 Å². The predicted molar refractivity (Wildman–Crippen MR) is 84.8 cm³/mol. The molecule has 3 nitrogen and oxygen atoms in total. The van der Waals surface area contributed by atoms with Crippen molar-refractivity contribution >= 4 is 11.6 Å². The van der Waals surface area contributed by atoms with Crippen molar-refractivity contribution in [1.29, 1.82) is 0 Å². The molecule has 1 unspecified atom stereocenters. The van der Waals surface area contributed by atoms with E-state index in [4.69, 9.17) is 17.3 Å². The van der Waals surface area contributed by atoms with Crippen LogP contribution < -0.4 is 5.73 Å². The number of hydrogen-bond acceptors (Lipinski definition) is 2. The van der Waals surface area contributed by atoms with Crippen LogP contribution in [0.4, 0.5) is 0 Å². The second kappa shape index (κ2) is 5.98. The molecule has 2 rings (SSSR count). The Morgan fingerprint density at radius 3 is 2.50 bits per heavy atom. The van der Waals surface area contributed by atoms with E-state index in [1.807, 2.05) is 17.7 Å². The monoisotopic (exact) mass is 291 g/mol. The zero-order valence-corrected chi connectivity index (χ0v) is 13.3. The second-order valence-corrected chi connectivity index (χ2v) is 5.76. The van der Waals surface area contributed by atoms with E-state index in [-0.39, 0.29) is 6.04 Å². The smallest absolute Gasteiger partial charge is 0.0663 e. The molecule has 0 saturated heterocycles. The van der Waals surface area contributed by atoms with Crippen LogP contribution in [0.1, 0.15) is 35.9 Å². The predicted octanol–water partition coefficient (Wildman–Crippen LogP) is 3.73. The first-order valence-electron chi connectivity index (χ1n) is 7.01. The van der Waals surface area contributed by atoms with Crippen LogP contribution in [0.3, 0.4) is 0 Å². The Morgan fingerprint density at radius 1 is 1.30 bits per heavy atom. The molecule has 0 fully saturated rings. The summed E-state index contributed by atoms with van der Waals surface area (Å²) in [6.45, 7) is 8.27. The molecule has 1 aromatic carbocycles. The standard InChI is InChI=1S/C16H22ClN3/c1-5-14(18)8-13-6-7-15(9-16(13)17)20-12(4)10(2)11(3)19-20/h6-7,9,14H,5,8,18H2,1-4H3. The molecule has 0 aliphatic rings. The van der Waals surface area contributed by atoms with Gasteiger partial charge >= 0.3 is 0 Å². The van der Waals surface area contributed by atoms with Crippen LogP contribution in [0.2, 0.25) is 5.02 Å². The molecule has 1 aromatic heterocycles. The average Bonchev–Trinajstić information content (AvgIpc) is 2.68. The lowest BCUT2D eigenvalue weighted by Crippen LogP contribution is -2.21. The van der Waals surface area contributed by atoms with Crippen LogP contribution in [-0.2, 0) is 6.42 Å². The highest BCUT2D eigenvalue weighted by atomic mass is 35.5. The third-order valence-corrected chi connectivity index (χ3v) is 4.29. The molecule has 1 atom stereocenters. The van der Waals surface area contributed by atoms with Crippen molar-refractivity contribution in [2.75, 3.05) is 0 Å². The molecule has 2 N–H and O–H groups in total. The van der Waals surface area contributed by atoms with Crippen LogP contribution >= 0.6 is 11.6 Å². The number of rotatable bonds is 4. The second-order valence-electron chi connectivity index (χ2n) is 5.36. The van der Waals surface area contributed by atoms with E-state index < -0.39 is 0 Å². The van der Waals surface area contributed by atoms with Gasteiger partial charge in [0.05, 0.1) is 11.4 Å². The van der Waals surface area contributed by atoms with E-state index in [1.165, 1.54) is 5.56 Å². The minimum atomic E-state index is 0.161. The summed E-state index contributed by atoms with van der Waals surface area (Å²) < 4.78 is 1.94. The van der Waals surface area contributed by atoms with Crippen LogP contribution in [0.15, 0.2) is 18.2 Å². The Balaban J connectivity index is 2.35. The Hall–Kier alpha value is -1.32. The number of nitrogens with two attached hydrogens (primary N) is 1. The van der Waals surface area contributed by atoms with Gasteiger partial charge in [-0.25, -0.2) is 4.68 Å². The summed E-state index contributed by atoms with van der Waals surface area (Å²) in [5.74, 6) is 0. The van der Waals surface area contributed by atoms with Gasteiger partial charge in [-0.05, 0) is 56.9 Å². The van der Waals surface area contributed by atoms with Crippen LogP contribution in [0, 0.1) is 20.8 Å². The normalized spacial score (nSPS) is 12.7. The highest BCUT2D eigenvalue weighted by Crippen LogP contribution is 2.24. The highest BCUT2D eigenvalue weighted by Gasteiger charge is 2.11. The summed E-state index contributed by atoms with van der Waals surface area (Å²) in [4.78, 5) is 0. The van der Waals surface area contributed by atoms with E-state index in [0.717, 1.165) is 40.5 Å². The fourth-order valence-electron chi connectivity index (χ4n) is 2.23. The molecule has 1 heterocycles. The van der Waals surface area contributed by atoms with Crippen molar-refractivity contribution < 1.29 is 0 Å². The van der Waals surface area contributed by atoms with Crippen LogP contribution in [-0.4, -0.2) is 15.8 Å². The fraction of sp³-hybridized carbons (Fsp3) is 0.438. The molecule has 0 aliphatic carbocycles. The zero-order valence-electron chi connectivity index (χ0n) is 12.6. The van der Waals surface area contributed by atoms with Crippen LogP contribution in [0.5, 0.6) is 0 Å². The van der Waals surface area contributed by atoms with Gasteiger partial charge in [0.1, 0.15) is 0 Å². The van der Waals surface area contributed by atoms with Gasteiger partial charge in [0.25, 0.3) is 0 Å². The summed E-state index contributed by atoms with van der Waals surface area (Å²) >= 11 is 6.38. The first-order chi connectivity index (χ1) is 9.43. The first-order valence-corrected chi connectivity index (χ1v) is 7.39. The van der Waals surface area contributed by atoms with Gasteiger partial charge in [-0.2, -0.15) is 5.10 Å². The van der Waals surface area contributed by atoms with E-state index in [2.05, 4.69) is 38.0 Å². The summed E-state index contributed by atoms with van der Waals surface area (Å²) in [5, 5.41) is 5.32. The number of benzene rings is 1. The molecule has 0 amide bonds. The number of hydrogen-bond donors (Lipinski definition) is 1. The maximum absolute atomic E-state index is 6.38. The zero-order chi connectivity index (χ0) is 14.9. The Kier molecular flexibility index (Phi) is 4.51. The van der Waals surface area contributed by atoms with Gasteiger partial charge in [-0.1, -0.05) is 24.6 Å². The maximum atomic E-state index is 6.38. The largest absolute Gasteiger partial charge is 0.327 e. The Morgan fingerprint density at radius 2 is 2.00 bits per heavy atom. The van der Waals surface area contributed by atoms with Gasteiger partial charge in [-0.15, -0.1) is 0 Å². The van der Waals surface area contributed by atoms with E-state index >= 15 is 0 Å². The minimum absolute atomic E-state index is 0.161. The SMILES string of the molecule is CCC(N)Cc1ccc(-n2nc(C)c(C)c2C)cc1Cl. The molecule has 0 radical (unpaired) electrons. The van der Waals surface area contributed by atoms with Gasteiger partial charge in [0, 0.05) is 16.8 Å². The molecule has 0 bridgehead atoms. The molecule has 4 heteroatoms. The quantitative estimate of drug-likeness (QED) is 0.933. The maximum Gasteiger partial charge on any atom is 0.0663 e. The fourth-order valence-corrected chi connectivity index (χ4v) is 2.48. The number of aromatic nitrogens is 2. The summed E-state index contributed by atoms with van der Waals surface area (Å²) in [6, 6.07) is 6.24. The molecule has 2 aromatic rings. The topological polar surface area (TPSA) is 43.8 Å². The Bertz CT molecular complexity index is 616. The molecule has 0 saturated carbocycles. The molecule has 0 spiro atoms. The molecule has 0 aliphatic heterocycles. The number of nitrogens with zero attached hydrogens (tertiary/aromatic N) is 2. The first kappa shape index (κ1) is 15.1. The lowest BCUT2D eigenvalue weighted by molar-refractivity contribution is 0.646. The molecular formula is C16H22ClN3. The molecule has 20 heavy (non-hydrogen) atoms. The lowest BCUT2D eigenvalue weighted by Gasteiger charge is -2.12. The number of halogens is 1. The average molecular weight is 292 g/mol. The third-order valence-electron chi connectivity index (χ3n) is 3.94. The van der Waals surface area contributed by atoms with Crippen molar-refractivity contribution in [3.8, 4) is 5.69 Å². The Labute approximate surface area is 125 Å². The lowest BCUT2D eigenvalue weighted by atomic mass is 10.0. The van der Waals surface area contributed by atoms with Gasteiger partial charge in [0.2, 0.25) is 0 Å². The van der Waals surface area contributed by atoms with Crippen molar-refractivity contribution in [3.05, 3.63) is 45.7 Å². The van der Waals surface area contributed by atoms with E-state index in [0.29, 0.717) is 0 Å². The van der Waals surface area contributed by atoms with Crippen molar-refractivity contribution in [3.63, 3.8) is 0 Å². The van der Waals surface area contributed by atoms with Crippen molar-refractivity contribution in [2.45, 2.75) is 46.6 Å². The van der Waals surface area contributed by atoms with Gasteiger partial charge < -0.3 is 5.73 Å². The third kappa shape index (κ3) is 2.89. The van der Waals surface area contributed by atoms with Crippen LogP contribution in [0.25, 0.3) is 5.69 Å². The van der Waals surface area contributed by atoms with Crippen molar-refractivity contribution in [1.82, 2.24) is 9.78 Å².